The molecule has 7 nitrogen and oxygen atoms in total. The third-order valence-corrected chi connectivity index (χ3v) is 5.42. The van der Waals surface area contributed by atoms with Gasteiger partial charge in [-0.15, -0.1) is 0 Å². The van der Waals surface area contributed by atoms with Crippen molar-refractivity contribution in [1.29, 1.82) is 0 Å². The van der Waals surface area contributed by atoms with Gasteiger partial charge in [-0.05, 0) is 43.7 Å². The summed E-state index contributed by atoms with van der Waals surface area (Å²) >= 11 is 0. The van der Waals surface area contributed by atoms with Crippen molar-refractivity contribution < 1.29 is 17.9 Å². The van der Waals surface area contributed by atoms with E-state index in [1.807, 2.05) is 25.1 Å². The maximum atomic E-state index is 12.5. The number of fused-ring (bicyclic) bond motifs is 1. The van der Waals surface area contributed by atoms with Gasteiger partial charge in [0.05, 0.1) is 18.6 Å². The molecular weight excluding hydrogens is 366 g/mol. The Morgan fingerprint density at radius 3 is 2.63 bits per heavy atom. The van der Waals surface area contributed by atoms with E-state index in [1.54, 1.807) is 31.2 Å². The van der Waals surface area contributed by atoms with Gasteiger partial charge in [0.1, 0.15) is 11.4 Å². The number of aryl methyl sites for hydroxylation is 1. The van der Waals surface area contributed by atoms with Gasteiger partial charge in [-0.3, -0.25) is 9.52 Å². The van der Waals surface area contributed by atoms with Crippen molar-refractivity contribution in [2.75, 3.05) is 22.9 Å². The van der Waals surface area contributed by atoms with Crippen LogP contribution in [-0.2, 0) is 10.0 Å². The number of carbonyl (C=O) groups excluding carboxylic acids is 1. The number of hydrogen-bond donors (Lipinski definition) is 3. The molecule has 0 aliphatic heterocycles. The molecule has 27 heavy (non-hydrogen) atoms. The molecule has 0 spiro atoms. The highest BCUT2D eigenvalue weighted by atomic mass is 32.2. The van der Waals surface area contributed by atoms with Crippen LogP contribution in [0.1, 0.15) is 23.0 Å². The number of methoxy groups -OCH3 is 1. The quantitative estimate of drug-likeness (QED) is 0.603. The second-order valence-electron chi connectivity index (χ2n) is 6.15. The lowest BCUT2D eigenvalue weighted by Crippen LogP contribution is -2.16. The van der Waals surface area contributed by atoms with Crippen LogP contribution in [0.3, 0.4) is 0 Å². The number of anilines is 2. The minimum atomic E-state index is -3.42. The topological polar surface area (TPSA) is 100 Å². The van der Waals surface area contributed by atoms with E-state index in [4.69, 9.17) is 4.74 Å². The maximum Gasteiger partial charge on any atom is 0.272 e. The SMILES string of the molecule is CCS(=O)(=O)Nc1ccc(NC(=O)c2cc3ccc(C)cc3[nH]2)cc1OC. The summed E-state index contributed by atoms with van der Waals surface area (Å²) in [4.78, 5) is 15.6. The van der Waals surface area contributed by atoms with E-state index >= 15 is 0 Å². The second kappa shape index (κ2) is 7.32. The van der Waals surface area contributed by atoms with Crippen molar-refractivity contribution in [2.45, 2.75) is 13.8 Å². The largest absolute Gasteiger partial charge is 0.494 e. The Morgan fingerprint density at radius 1 is 1.15 bits per heavy atom. The zero-order valence-electron chi connectivity index (χ0n) is 15.3. The number of aromatic amines is 1. The van der Waals surface area contributed by atoms with Crippen LogP contribution in [0.2, 0.25) is 0 Å². The number of sulfonamides is 1. The minimum absolute atomic E-state index is 0.0471. The van der Waals surface area contributed by atoms with Crippen LogP contribution in [0.25, 0.3) is 10.9 Å². The molecular formula is C19H21N3O4S. The number of hydrogen-bond acceptors (Lipinski definition) is 4. The smallest absolute Gasteiger partial charge is 0.272 e. The Balaban J connectivity index is 1.82. The van der Waals surface area contributed by atoms with E-state index in [1.165, 1.54) is 7.11 Å². The molecule has 8 heteroatoms. The summed E-state index contributed by atoms with van der Waals surface area (Å²) in [5.41, 5.74) is 3.24. The Bertz CT molecular complexity index is 1100. The molecule has 2 aromatic carbocycles. The number of nitrogens with one attached hydrogen (secondary N) is 3. The number of carbonyl (C=O) groups is 1. The van der Waals surface area contributed by atoms with E-state index < -0.39 is 10.0 Å². The van der Waals surface area contributed by atoms with Gasteiger partial charge in [0, 0.05) is 22.7 Å². The van der Waals surface area contributed by atoms with Crippen LogP contribution in [0, 0.1) is 6.92 Å². The standard InChI is InChI=1S/C19H21N3O4S/c1-4-27(24,25)22-15-8-7-14(11-18(15)26-3)20-19(23)17-10-13-6-5-12(2)9-16(13)21-17/h5-11,21-22H,4H2,1-3H3,(H,20,23). The van der Waals surface area contributed by atoms with Crippen LogP contribution in [-0.4, -0.2) is 32.2 Å². The molecule has 0 fully saturated rings. The fourth-order valence-electron chi connectivity index (χ4n) is 2.65. The van der Waals surface area contributed by atoms with E-state index in [-0.39, 0.29) is 11.7 Å². The van der Waals surface area contributed by atoms with Gasteiger partial charge >= 0.3 is 0 Å². The van der Waals surface area contributed by atoms with Gasteiger partial charge in [-0.1, -0.05) is 12.1 Å². The summed E-state index contributed by atoms with van der Waals surface area (Å²) in [7, 11) is -1.99. The third-order valence-electron chi connectivity index (χ3n) is 4.13. The molecule has 0 atom stereocenters. The molecule has 1 heterocycles. The molecule has 0 saturated heterocycles. The van der Waals surface area contributed by atoms with Crippen molar-refractivity contribution in [3.63, 3.8) is 0 Å². The van der Waals surface area contributed by atoms with Gasteiger partial charge in [0.15, 0.2) is 0 Å². The molecule has 3 rings (SSSR count). The zero-order valence-corrected chi connectivity index (χ0v) is 16.1. The van der Waals surface area contributed by atoms with Crippen molar-refractivity contribution in [1.82, 2.24) is 4.98 Å². The Hall–Kier alpha value is -3.00. The number of H-pyrrole nitrogens is 1. The van der Waals surface area contributed by atoms with Gasteiger partial charge < -0.3 is 15.0 Å². The number of aromatic nitrogens is 1. The average molecular weight is 387 g/mol. The molecule has 0 aliphatic carbocycles. The average Bonchev–Trinajstić information content (AvgIpc) is 3.06. The highest BCUT2D eigenvalue weighted by Gasteiger charge is 2.14. The highest BCUT2D eigenvalue weighted by molar-refractivity contribution is 7.92. The number of benzene rings is 2. The normalized spacial score (nSPS) is 11.4. The number of rotatable bonds is 6. The van der Waals surface area contributed by atoms with Gasteiger partial charge in [-0.25, -0.2) is 8.42 Å². The highest BCUT2D eigenvalue weighted by Crippen LogP contribution is 2.29. The van der Waals surface area contributed by atoms with Crippen LogP contribution >= 0.6 is 0 Å². The molecule has 1 aromatic heterocycles. The first kappa shape index (κ1) is 18.8. The summed E-state index contributed by atoms with van der Waals surface area (Å²) in [6.07, 6.45) is 0. The van der Waals surface area contributed by atoms with E-state index in [0.29, 0.717) is 22.8 Å². The Labute approximate surface area is 157 Å². The second-order valence-corrected chi connectivity index (χ2v) is 8.16. The summed E-state index contributed by atoms with van der Waals surface area (Å²) in [5, 5.41) is 3.74. The first-order valence-corrected chi connectivity index (χ1v) is 10.1. The first-order chi connectivity index (χ1) is 12.8. The molecule has 1 amide bonds. The van der Waals surface area contributed by atoms with E-state index in [0.717, 1.165) is 16.5 Å². The predicted molar refractivity (Wildman–Crippen MR) is 107 cm³/mol. The Morgan fingerprint density at radius 2 is 1.93 bits per heavy atom. The van der Waals surface area contributed by atoms with Crippen molar-refractivity contribution in [2.24, 2.45) is 0 Å². The maximum absolute atomic E-state index is 12.5. The summed E-state index contributed by atoms with van der Waals surface area (Å²) in [6, 6.07) is 12.4. The molecule has 0 saturated carbocycles. The molecule has 3 aromatic rings. The van der Waals surface area contributed by atoms with Gasteiger partial charge in [0.2, 0.25) is 10.0 Å². The van der Waals surface area contributed by atoms with Crippen molar-refractivity contribution in [3.8, 4) is 5.75 Å². The molecule has 142 valence electrons. The van der Waals surface area contributed by atoms with Crippen LogP contribution in [0.15, 0.2) is 42.5 Å². The van der Waals surface area contributed by atoms with E-state index in [9.17, 15) is 13.2 Å². The third kappa shape index (κ3) is 4.22. The predicted octanol–water partition coefficient (Wildman–Crippen LogP) is 3.50. The molecule has 3 N–H and O–H groups in total. The fraction of sp³-hybridized carbons (Fsp3) is 0.211. The van der Waals surface area contributed by atoms with Crippen LogP contribution < -0.4 is 14.8 Å². The summed E-state index contributed by atoms with van der Waals surface area (Å²) in [5.74, 6) is -0.0287. The van der Waals surface area contributed by atoms with Crippen LogP contribution in [0.4, 0.5) is 11.4 Å². The zero-order chi connectivity index (χ0) is 19.6. The number of amides is 1. The lowest BCUT2D eigenvalue weighted by atomic mass is 10.2. The Kier molecular flexibility index (Phi) is 5.09. The number of ether oxygens (including phenoxy) is 1. The molecule has 0 unspecified atom stereocenters. The summed E-state index contributed by atoms with van der Waals surface area (Å²) < 4.78 is 31.2. The monoisotopic (exact) mass is 387 g/mol. The van der Waals surface area contributed by atoms with Crippen molar-refractivity contribution >= 4 is 38.2 Å². The molecule has 0 bridgehead atoms. The van der Waals surface area contributed by atoms with Crippen LogP contribution in [0.5, 0.6) is 5.75 Å². The summed E-state index contributed by atoms with van der Waals surface area (Å²) in [6.45, 7) is 3.53. The lowest BCUT2D eigenvalue weighted by molar-refractivity contribution is 0.102. The fourth-order valence-corrected chi connectivity index (χ4v) is 3.30. The molecule has 0 aliphatic rings. The van der Waals surface area contributed by atoms with Gasteiger partial charge in [-0.2, -0.15) is 0 Å². The minimum Gasteiger partial charge on any atom is -0.494 e. The van der Waals surface area contributed by atoms with Crippen molar-refractivity contribution in [3.05, 3.63) is 53.7 Å². The lowest BCUT2D eigenvalue weighted by Gasteiger charge is -2.13. The molecule has 0 radical (unpaired) electrons. The van der Waals surface area contributed by atoms with Gasteiger partial charge in [0.25, 0.3) is 5.91 Å². The first-order valence-electron chi connectivity index (χ1n) is 8.40. The van der Waals surface area contributed by atoms with E-state index in [2.05, 4.69) is 15.0 Å².